The van der Waals surface area contributed by atoms with Crippen molar-refractivity contribution in [3.05, 3.63) is 24.0 Å². The van der Waals surface area contributed by atoms with Gasteiger partial charge in [0.2, 0.25) is 15.9 Å². The van der Waals surface area contributed by atoms with Crippen LogP contribution in [-0.4, -0.2) is 30.3 Å². The Balaban J connectivity index is 2.88. The standard InChI is InChI=1S/C10H14N4O3S2/c1-6(4-9(11)15)14-19(16,17)7-2-3-8(10(12)18)13-5-7/h2-3,5-6,14H,4H2,1H3,(H2,11,15)(H2,12,18). The summed E-state index contributed by atoms with van der Waals surface area (Å²) in [6, 6.07) is 2.15. The third-order valence-corrected chi connectivity index (χ3v) is 3.95. The Morgan fingerprint density at radius 3 is 2.53 bits per heavy atom. The summed E-state index contributed by atoms with van der Waals surface area (Å²) in [6.45, 7) is 1.54. The first-order chi connectivity index (χ1) is 8.72. The lowest BCUT2D eigenvalue weighted by atomic mass is 10.2. The highest BCUT2D eigenvalue weighted by atomic mass is 32.2. The number of nitrogens with two attached hydrogens (primary N) is 2. The molecule has 0 saturated heterocycles. The van der Waals surface area contributed by atoms with E-state index < -0.39 is 22.0 Å². The van der Waals surface area contributed by atoms with Gasteiger partial charge in [-0.1, -0.05) is 12.2 Å². The van der Waals surface area contributed by atoms with E-state index in [0.29, 0.717) is 5.69 Å². The molecule has 1 aromatic heterocycles. The molecule has 0 bridgehead atoms. The molecule has 1 unspecified atom stereocenters. The van der Waals surface area contributed by atoms with Gasteiger partial charge in [0.15, 0.2) is 0 Å². The van der Waals surface area contributed by atoms with Gasteiger partial charge in [0, 0.05) is 18.7 Å². The normalized spacial score (nSPS) is 12.9. The molecule has 9 heteroatoms. The van der Waals surface area contributed by atoms with Crippen molar-refractivity contribution >= 4 is 33.1 Å². The van der Waals surface area contributed by atoms with Crippen LogP contribution >= 0.6 is 12.2 Å². The molecular weight excluding hydrogens is 288 g/mol. The van der Waals surface area contributed by atoms with Crippen LogP contribution in [0, 0.1) is 0 Å². The topological polar surface area (TPSA) is 128 Å². The van der Waals surface area contributed by atoms with E-state index in [1.54, 1.807) is 6.92 Å². The quantitative estimate of drug-likeness (QED) is 0.594. The molecule has 1 rings (SSSR count). The first-order valence-electron chi connectivity index (χ1n) is 5.29. The van der Waals surface area contributed by atoms with Crippen LogP contribution in [0.3, 0.4) is 0 Å². The minimum atomic E-state index is -3.75. The number of nitrogens with one attached hydrogen (secondary N) is 1. The molecular formula is C10H14N4O3S2. The van der Waals surface area contributed by atoms with E-state index in [1.807, 2.05) is 0 Å². The fraction of sp³-hybridized carbons (Fsp3) is 0.300. The molecule has 5 N–H and O–H groups in total. The minimum absolute atomic E-state index is 0.0381. The molecule has 1 atom stereocenters. The number of nitrogens with zero attached hydrogens (tertiary/aromatic N) is 1. The Labute approximate surface area is 116 Å². The average molecular weight is 302 g/mol. The average Bonchev–Trinajstić information content (AvgIpc) is 2.27. The molecule has 0 saturated carbocycles. The van der Waals surface area contributed by atoms with E-state index in [4.69, 9.17) is 23.7 Å². The van der Waals surface area contributed by atoms with Crippen molar-refractivity contribution in [3.8, 4) is 0 Å². The zero-order valence-electron chi connectivity index (χ0n) is 10.2. The Bertz CT molecular complexity index is 583. The Hall–Kier alpha value is -1.58. The molecule has 1 amide bonds. The first-order valence-corrected chi connectivity index (χ1v) is 7.18. The van der Waals surface area contributed by atoms with Crippen LogP contribution in [0.1, 0.15) is 19.0 Å². The van der Waals surface area contributed by atoms with Crippen LogP contribution in [-0.2, 0) is 14.8 Å². The van der Waals surface area contributed by atoms with Gasteiger partial charge in [-0.15, -0.1) is 0 Å². The van der Waals surface area contributed by atoms with Crippen molar-refractivity contribution in [2.75, 3.05) is 0 Å². The molecule has 1 aromatic rings. The third kappa shape index (κ3) is 4.54. The monoisotopic (exact) mass is 302 g/mol. The summed E-state index contributed by atoms with van der Waals surface area (Å²) in [7, 11) is -3.75. The Morgan fingerprint density at radius 2 is 2.11 bits per heavy atom. The fourth-order valence-electron chi connectivity index (χ4n) is 1.36. The summed E-state index contributed by atoms with van der Waals surface area (Å²) in [5.74, 6) is -0.586. The zero-order valence-corrected chi connectivity index (χ0v) is 11.8. The number of rotatable bonds is 6. The number of aromatic nitrogens is 1. The van der Waals surface area contributed by atoms with E-state index in [-0.39, 0.29) is 16.3 Å². The van der Waals surface area contributed by atoms with E-state index >= 15 is 0 Å². The Kier molecular flexibility index (Phi) is 4.92. The van der Waals surface area contributed by atoms with E-state index in [0.717, 1.165) is 6.20 Å². The van der Waals surface area contributed by atoms with Crippen molar-refractivity contribution in [2.24, 2.45) is 11.5 Å². The summed E-state index contributed by atoms with van der Waals surface area (Å²) in [6.07, 6.45) is 1.06. The van der Waals surface area contributed by atoms with Crippen molar-refractivity contribution in [2.45, 2.75) is 24.3 Å². The van der Waals surface area contributed by atoms with Crippen LogP contribution in [0.2, 0.25) is 0 Å². The molecule has 7 nitrogen and oxygen atoms in total. The van der Waals surface area contributed by atoms with Crippen LogP contribution in [0.5, 0.6) is 0 Å². The molecule has 19 heavy (non-hydrogen) atoms. The highest BCUT2D eigenvalue weighted by Crippen LogP contribution is 2.09. The smallest absolute Gasteiger partial charge is 0.242 e. The second-order valence-corrected chi connectivity index (χ2v) is 6.09. The summed E-state index contributed by atoms with van der Waals surface area (Å²) >= 11 is 4.71. The van der Waals surface area contributed by atoms with Gasteiger partial charge in [-0.2, -0.15) is 0 Å². The van der Waals surface area contributed by atoms with Gasteiger partial charge in [0.25, 0.3) is 0 Å². The lowest BCUT2D eigenvalue weighted by Crippen LogP contribution is -2.35. The van der Waals surface area contributed by atoms with Gasteiger partial charge < -0.3 is 11.5 Å². The summed E-state index contributed by atoms with van der Waals surface area (Å²) < 4.78 is 26.2. The number of primary amides is 1. The van der Waals surface area contributed by atoms with Gasteiger partial charge in [-0.05, 0) is 19.1 Å². The number of sulfonamides is 1. The minimum Gasteiger partial charge on any atom is -0.388 e. The number of pyridine rings is 1. The molecule has 0 aliphatic carbocycles. The number of amides is 1. The lowest BCUT2D eigenvalue weighted by molar-refractivity contribution is -0.118. The first kappa shape index (κ1) is 15.5. The third-order valence-electron chi connectivity index (χ3n) is 2.16. The summed E-state index contributed by atoms with van der Waals surface area (Å²) in [4.78, 5) is 14.6. The van der Waals surface area contributed by atoms with Gasteiger partial charge in [0.1, 0.15) is 9.88 Å². The number of thiocarbonyl (C=S) groups is 1. The molecule has 1 heterocycles. The molecule has 104 valence electrons. The fourth-order valence-corrected chi connectivity index (χ4v) is 2.67. The van der Waals surface area contributed by atoms with Crippen molar-refractivity contribution in [1.82, 2.24) is 9.71 Å². The molecule has 0 radical (unpaired) electrons. The number of hydrogen-bond acceptors (Lipinski definition) is 5. The maximum absolute atomic E-state index is 11.9. The van der Waals surface area contributed by atoms with Gasteiger partial charge in [-0.25, -0.2) is 13.1 Å². The van der Waals surface area contributed by atoms with Crippen molar-refractivity contribution in [3.63, 3.8) is 0 Å². The highest BCUT2D eigenvalue weighted by Gasteiger charge is 2.19. The van der Waals surface area contributed by atoms with Gasteiger partial charge >= 0.3 is 0 Å². The maximum atomic E-state index is 11.9. The second-order valence-electron chi connectivity index (χ2n) is 3.94. The molecule has 0 fully saturated rings. The van der Waals surface area contributed by atoms with E-state index in [9.17, 15) is 13.2 Å². The van der Waals surface area contributed by atoms with Crippen LogP contribution < -0.4 is 16.2 Å². The number of hydrogen-bond donors (Lipinski definition) is 3. The predicted octanol–water partition coefficient (Wildman–Crippen LogP) is -0.742. The van der Waals surface area contributed by atoms with Crippen LogP contribution in [0.15, 0.2) is 23.2 Å². The zero-order chi connectivity index (χ0) is 14.6. The van der Waals surface area contributed by atoms with Crippen LogP contribution in [0.4, 0.5) is 0 Å². The largest absolute Gasteiger partial charge is 0.388 e. The van der Waals surface area contributed by atoms with Crippen molar-refractivity contribution < 1.29 is 13.2 Å². The van der Waals surface area contributed by atoms with E-state index in [2.05, 4.69) is 9.71 Å². The van der Waals surface area contributed by atoms with Crippen LogP contribution in [0.25, 0.3) is 0 Å². The summed E-state index contributed by atoms with van der Waals surface area (Å²) in [5.41, 5.74) is 10.7. The summed E-state index contributed by atoms with van der Waals surface area (Å²) in [5, 5.41) is 0. The number of carbonyl (C=O) groups is 1. The molecule has 0 aliphatic rings. The Morgan fingerprint density at radius 1 is 1.47 bits per heavy atom. The molecule has 0 spiro atoms. The van der Waals surface area contributed by atoms with Gasteiger partial charge in [-0.3, -0.25) is 9.78 Å². The maximum Gasteiger partial charge on any atom is 0.242 e. The van der Waals surface area contributed by atoms with E-state index in [1.165, 1.54) is 12.1 Å². The number of carbonyl (C=O) groups excluding carboxylic acids is 1. The highest BCUT2D eigenvalue weighted by molar-refractivity contribution is 7.89. The molecule has 0 aliphatic heterocycles. The SMILES string of the molecule is CC(CC(N)=O)NS(=O)(=O)c1ccc(C(N)=S)nc1. The van der Waals surface area contributed by atoms with Crippen molar-refractivity contribution in [1.29, 1.82) is 0 Å². The predicted molar refractivity (Wildman–Crippen MR) is 73.7 cm³/mol. The second kappa shape index (κ2) is 6.04. The lowest BCUT2D eigenvalue weighted by Gasteiger charge is -2.12. The van der Waals surface area contributed by atoms with Gasteiger partial charge in [0.05, 0.1) is 5.69 Å². The molecule has 0 aromatic carbocycles.